The Bertz CT molecular complexity index is 387. The average Bonchev–Trinajstić information content (AvgIpc) is 2.35. The van der Waals surface area contributed by atoms with Gasteiger partial charge in [-0.1, -0.05) is 6.42 Å². The summed E-state index contributed by atoms with van der Waals surface area (Å²) >= 11 is 0. The molecule has 0 radical (unpaired) electrons. The lowest BCUT2D eigenvalue weighted by molar-refractivity contribution is 0.160. The van der Waals surface area contributed by atoms with E-state index < -0.39 is 0 Å². The van der Waals surface area contributed by atoms with Gasteiger partial charge in [-0.2, -0.15) is 0 Å². The smallest absolute Gasteiger partial charge is 0.131 e. The van der Waals surface area contributed by atoms with Crippen LogP contribution < -0.4 is 11.1 Å². The number of likely N-dealkylation sites (tertiary alicyclic amines) is 1. The maximum atomic E-state index is 5.70. The van der Waals surface area contributed by atoms with E-state index in [4.69, 9.17) is 5.73 Å². The van der Waals surface area contributed by atoms with Gasteiger partial charge >= 0.3 is 0 Å². The maximum Gasteiger partial charge on any atom is 0.131 e. The number of aryl methyl sites for hydroxylation is 1. The molecule has 2 rings (SSSR count). The summed E-state index contributed by atoms with van der Waals surface area (Å²) in [7, 11) is 0. The van der Waals surface area contributed by atoms with Crippen molar-refractivity contribution in [3.63, 3.8) is 0 Å². The summed E-state index contributed by atoms with van der Waals surface area (Å²) in [5, 5.41) is 3.32. The molecule has 19 heavy (non-hydrogen) atoms. The quantitative estimate of drug-likeness (QED) is 0.796. The molecule has 0 bridgehead atoms. The third-order valence-electron chi connectivity index (χ3n) is 3.73. The number of nitrogens with one attached hydrogen (secondary N) is 1. The Balaban J connectivity index is 1.71. The lowest BCUT2D eigenvalue weighted by Crippen LogP contribution is -2.38. The number of rotatable bonds is 5. The molecular weight excluding hydrogens is 238 g/mol. The Morgan fingerprint density at radius 1 is 1.42 bits per heavy atom. The monoisotopic (exact) mass is 263 g/mol. The number of piperidine rings is 1. The summed E-state index contributed by atoms with van der Waals surface area (Å²) in [6.07, 6.45) is 5.21. The van der Waals surface area contributed by atoms with Gasteiger partial charge < -0.3 is 16.0 Å². The minimum atomic E-state index is 0.527. The van der Waals surface area contributed by atoms with Crippen molar-refractivity contribution in [2.45, 2.75) is 45.6 Å². The van der Waals surface area contributed by atoms with Crippen LogP contribution in [0.5, 0.6) is 0 Å². The van der Waals surface area contributed by atoms with Gasteiger partial charge in [0.2, 0.25) is 0 Å². The number of nitrogens with zero attached hydrogens (tertiary/aromatic N) is 3. The van der Waals surface area contributed by atoms with Crippen LogP contribution in [0.2, 0.25) is 0 Å². The first-order chi connectivity index (χ1) is 9.15. The minimum absolute atomic E-state index is 0.527. The van der Waals surface area contributed by atoms with E-state index in [0.29, 0.717) is 11.6 Å². The molecule has 1 aliphatic heterocycles. The lowest BCUT2D eigenvalue weighted by Gasteiger charge is -2.33. The summed E-state index contributed by atoms with van der Waals surface area (Å²) in [5.41, 5.74) is 5.70. The SMILES string of the molecule is Cc1nc(N)cc(NCCCN2CCCCC2C)n1. The molecule has 1 aromatic rings. The Hall–Kier alpha value is -1.36. The van der Waals surface area contributed by atoms with Gasteiger partial charge in [0.15, 0.2) is 0 Å². The van der Waals surface area contributed by atoms with Crippen LogP contribution in [-0.2, 0) is 0 Å². The lowest BCUT2D eigenvalue weighted by atomic mass is 10.0. The largest absolute Gasteiger partial charge is 0.384 e. The van der Waals surface area contributed by atoms with E-state index in [1.165, 1.54) is 25.8 Å². The second-order valence-electron chi connectivity index (χ2n) is 5.39. The molecule has 1 saturated heterocycles. The molecule has 1 unspecified atom stereocenters. The minimum Gasteiger partial charge on any atom is -0.384 e. The van der Waals surface area contributed by atoms with Gasteiger partial charge in [-0.05, 0) is 39.7 Å². The highest BCUT2D eigenvalue weighted by Gasteiger charge is 2.16. The van der Waals surface area contributed by atoms with Crippen molar-refractivity contribution in [1.29, 1.82) is 0 Å². The number of hydrogen-bond donors (Lipinski definition) is 2. The van der Waals surface area contributed by atoms with E-state index in [0.717, 1.165) is 31.4 Å². The first kappa shape index (κ1) is 14.1. The zero-order valence-electron chi connectivity index (χ0n) is 12.0. The molecule has 0 spiro atoms. The van der Waals surface area contributed by atoms with Crippen molar-refractivity contribution in [3.8, 4) is 0 Å². The summed E-state index contributed by atoms with van der Waals surface area (Å²) in [6.45, 7) is 7.53. The van der Waals surface area contributed by atoms with Crippen molar-refractivity contribution in [2.24, 2.45) is 0 Å². The summed E-state index contributed by atoms with van der Waals surface area (Å²) in [6, 6.07) is 2.53. The highest BCUT2D eigenvalue weighted by molar-refractivity contribution is 5.44. The molecule has 1 fully saturated rings. The molecule has 5 heteroatoms. The standard InChI is InChI=1S/C14H25N5/c1-11-6-3-4-8-19(11)9-5-7-16-14-10-13(15)17-12(2)18-14/h10-11H,3-9H2,1-2H3,(H3,15,16,17,18). The Morgan fingerprint density at radius 3 is 3.00 bits per heavy atom. The molecular formula is C14H25N5. The molecule has 1 atom stereocenters. The van der Waals surface area contributed by atoms with E-state index in [1.54, 1.807) is 6.07 Å². The van der Waals surface area contributed by atoms with Crippen LogP contribution >= 0.6 is 0 Å². The Morgan fingerprint density at radius 2 is 2.26 bits per heavy atom. The number of aromatic nitrogens is 2. The molecule has 3 N–H and O–H groups in total. The number of nitrogens with two attached hydrogens (primary N) is 1. The van der Waals surface area contributed by atoms with Crippen LogP contribution in [0, 0.1) is 6.92 Å². The molecule has 0 saturated carbocycles. The number of anilines is 2. The Kier molecular flexibility index (Phi) is 4.96. The van der Waals surface area contributed by atoms with E-state index in [9.17, 15) is 0 Å². The zero-order valence-corrected chi connectivity index (χ0v) is 12.0. The van der Waals surface area contributed by atoms with Gasteiger partial charge in [-0.3, -0.25) is 0 Å². The molecule has 0 amide bonds. The van der Waals surface area contributed by atoms with Crippen LogP contribution in [0.3, 0.4) is 0 Å². The van der Waals surface area contributed by atoms with Gasteiger partial charge in [0.05, 0.1) is 0 Å². The van der Waals surface area contributed by atoms with Crippen molar-refractivity contribution in [3.05, 3.63) is 11.9 Å². The van der Waals surface area contributed by atoms with Crippen molar-refractivity contribution < 1.29 is 0 Å². The van der Waals surface area contributed by atoms with Gasteiger partial charge in [0.25, 0.3) is 0 Å². The highest BCUT2D eigenvalue weighted by Crippen LogP contribution is 2.16. The number of nitrogen functional groups attached to an aromatic ring is 1. The van der Waals surface area contributed by atoms with Crippen molar-refractivity contribution >= 4 is 11.6 Å². The summed E-state index contributed by atoms with van der Waals surface area (Å²) in [5.74, 6) is 2.07. The van der Waals surface area contributed by atoms with Crippen LogP contribution in [0.4, 0.5) is 11.6 Å². The van der Waals surface area contributed by atoms with Crippen LogP contribution in [0.1, 0.15) is 38.4 Å². The van der Waals surface area contributed by atoms with Gasteiger partial charge in [-0.15, -0.1) is 0 Å². The molecule has 5 nitrogen and oxygen atoms in total. The Labute approximate surface area is 115 Å². The summed E-state index contributed by atoms with van der Waals surface area (Å²) < 4.78 is 0. The first-order valence-electron chi connectivity index (χ1n) is 7.24. The molecule has 1 aromatic heterocycles. The molecule has 2 heterocycles. The fraction of sp³-hybridized carbons (Fsp3) is 0.714. The van der Waals surface area contributed by atoms with E-state index in [1.807, 2.05) is 6.92 Å². The third-order valence-corrected chi connectivity index (χ3v) is 3.73. The van der Waals surface area contributed by atoms with Gasteiger partial charge in [-0.25, -0.2) is 9.97 Å². The second-order valence-corrected chi connectivity index (χ2v) is 5.39. The molecule has 1 aliphatic rings. The van der Waals surface area contributed by atoms with E-state index in [2.05, 4.69) is 27.1 Å². The van der Waals surface area contributed by atoms with Crippen LogP contribution in [0.25, 0.3) is 0 Å². The predicted molar refractivity (Wildman–Crippen MR) is 79.2 cm³/mol. The highest BCUT2D eigenvalue weighted by atomic mass is 15.2. The van der Waals surface area contributed by atoms with E-state index in [-0.39, 0.29) is 0 Å². The third kappa shape index (κ3) is 4.35. The fourth-order valence-corrected chi connectivity index (χ4v) is 2.67. The maximum absolute atomic E-state index is 5.70. The summed E-state index contributed by atoms with van der Waals surface area (Å²) in [4.78, 5) is 11.0. The van der Waals surface area contributed by atoms with Crippen LogP contribution in [-0.4, -0.2) is 40.5 Å². The molecule has 0 aromatic carbocycles. The fourth-order valence-electron chi connectivity index (χ4n) is 2.67. The van der Waals surface area contributed by atoms with Gasteiger partial charge in [0, 0.05) is 25.2 Å². The molecule has 106 valence electrons. The van der Waals surface area contributed by atoms with Crippen LogP contribution in [0.15, 0.2) is 6.07 Å². The van der Waals surface area contributed by atoms with Gasteiger partial charge in [0.1, 0.15) is 17.5 Å². The van der Waals surface area contributed by atoms with Crippen molar-refractivity contribution in [1.82, 2.24) is 14.9 Å². The van der Waals surface area contributed by atoms with E-state index >= 15 is 0 Å². The average molecular weight is 263 g/mol. The first-order valence-corrected chi connectivity index (χ1v) is 7.24. The topological polar surface area (TPSA) is 67.1 Å². The normalized spacial score (nSPS) is 20.4. The zero-order chi connectivity index (χ0) is 13.7. The molecule has 0 aliphatic carbocycles. The number of hydrogen-bond acceptors (Lipinski definition) is 5. The van der Waals surface area contributed by atoms with Crippen molar-refractivity contribution in [2.75, 3.05) is 30.7 Å². The predicted octanol–water partition coefficient (Wildman–Crippen LogP) is 2.04. The second kappa shape index (κ2) is 6.70.